The van der Waals surface area contributed by atoms with Crippen molar-refractivity contribution in [2.24, 2.45) is 11.1 Å². The van der Waals surface area contributed by atoms with Crippen molar-refractivity contribution in [1.82, 2.24) is 0 Å². The van der Waals surface area contributed by atoms with Gasteiger partial charge in [-0.05, 0) is 23.5 Å². The summed E-state index contributed by atoms with van der Waals surface area (Å²) in [5, 5.41) is 0. The topological polar surface area (TPSA) is 43.1 Å². The Morgan fingerprint density at radius 2 is 1.83 bits per heavy atom. The zero-order valence-electron chi connectivity index (χ0n) is 12.0. The summed E-state index contributed by atoms with van der Waals surface area (Å²) >= 11 is 0. The molecule has 0 aliphatic rings. The fourth-order valence-electron chi connectivity index (χ4n) is 1.87. The van der Waals surface area contributed by atoms with Gasteiger partial charge in [0.05, 0.1) is 0 Å². The average Bonchev–Trinajstić information content (AvgIpc) is 2.38. The van der Waals surface area contributed by atoms with E-state index in [9.17, 15) is 4.79 Å². The first-order chi connectivity index (χ1) is 8.42. The van der Waals surface area contributed by atoms with E-state index in [2.05, 4.69) is 38.1 Å². The van der Waals surface area contributed by atoms with Crippen LogP contribution in [0.3, 0.4) is 0 Å². The van der Waals surface area contributed by atoms with Crippen molar-refractivity contribution in [3.63, 3.8) is 0 Å². The van der Waals surface area contributed by atoms with Gasteiger partial charge in [-0.25, -0.2) is 0 Å². The fraction of sp³-hybridized carbons (Fsp3) is 0.562. The quantitative estimate of drug-likeness (QED) is 0.838. The van der Waals surface area contributed by atoms with E-state index in [0.717, 1.165) is 12.0 Å². The molecular weight excluding hydrogens is 222 g/mol. The van der Waals surface area contributed by atoms with Gasteiger partial charge >= 0.3 is 0 Å². The van der Waals surface area contributed by atoms with Crippen molar-refractivity contribution in [2.75, 3.05) is 6.54 Å². The second kappa shape index (κ2) is 6.14. The molecule has 2 nitrogen and oxygen atoms in total. The molecule has 0 aromatic heterocycles. The van der Waals surface area contributed by atoms with Crippen LogP contribution in [0, 0.1) is 5.41 Å². The highest BCUT2D eigenvalue weighted by molar-refractivity contribution is 5.86. The van der Waals surface area contributed by atoms with Gasteiger partial charge in [0.15, 0.2) is 0 Å². The van der Waals surface area contributed by atoms with Crippen molar-refractivity contribution in [2.45, 2.75) is 46.5 Å². The van der Waals surface area contributed by atoms with Gasteiger partial charge in [-0.1, -0.05) is 52.0 Å². The monoisotopic (exact) mass is 247 g/mol. The van der Waals surface area contributed by atoms with E-state index in [0.29, 0.717) is 18.9 Å². The summed E-state index contributed by atoms with van der Waals surface area (Å²) < 4.78 is 0. The molecule has 1 unspecified atom stereocenters. The van der Waals surface area contributed by atoms with Crippen LogP contribution in [0.25, 0.3) is 0 Å². The van der Waals surface area contributed by atoms with Crippen LogP contribution in [0.5, 0.6) is 0 Å². The second-order valence-electron chi connectivity index (χ2n) is 5.61. The van der Waals surface area contributed by atoms with Crippen molar-refractivity contribution >= 4 is 5.78 Å². The highest BCUT2D eigenvalue weighted by Gasteiger charge is 2.28. The van der Waals surface area contributed by atoms with Gasteiger partial charge in [-0.15, -0.1) is 0 Å². The molecule has 0 aliphatic carbocycles. The van der Waals surface area contributed by atoms with Crippen LogP contribution in [0.4, 0.5) is 0 Å². The van der Waals surface area contributed by atoms with Crippen LogP contribution in [0.1, 0.15) is 51.2 Å². The van der Waals surface area contributed by atoms with Crippen LogP contribution in [-0.2, 0) is 11.2 Å². The molecule has 0 amide bonds. The lowest BCUT2D eigenvalue weighted by Crippen LogP contribution is -2.36. The molecule has 1 aromatic rings. The Labute approximate surface area is 111 Å². The van der Waals surface area contributed by atoms with Crippen molar-refractivity contribution < 1.29 is 4.79 Å². The van der Waals surface area contributed by atoms with Gasteiger partial charge in [0.2, 0.25) is 0 Å². The largest absolute Gasteiger partial charge is 0.329 e. The van der Waals surface area contributed by atoms with E-state index in [-0.39, 0.29) is 11.2 Å². The van der Waals surface area contributed by atoms with Gasteiger partial charge in [-0.2, -0.15) is 0 Å². The zero-order valence-corrected chi connectivity index (χ0v) is 12.0. The number of benzene rings is 1. The minimum absolute atomic E-state index is 0.241. The Balaban J connectivity index is 2.76. The number of Topliss-reactive ketones (excluding diaryl/α,β-unsaturated/α-hetero) is 1. The molecule has 0 heterocycles. The number of carbonyl (C=O) groups is 1. The normalized spacial score (nSPS) is 14.6. The number of hydrogen-bond acceptors (Lipinski definition) is 2. The summed E-state index contributed by atoms with van der Waals surface area (Å²) in [6.45, 7) is 8.74. The van der Waals surface area contributed by atoms with Crippen LogP contribution in [0.15, 0.2) is 24.3 Å². The smallest absolute Gasteiger partial charge is 0.144 e. The third-order valence-corrected chi connectivity index (χ3v) is 3.92. The molecule has 0 bridgehead atoms. The lowest BCUT2D eigenvalue weighted by atomic mass is 9.80. The molecule has 1 aromatic carbocycles. The Morgan fingerprint density at radius 1 is 1.28 bits per heavy atom. The fourth-order valence-corrected chi connectivity index (χ4v) is 1.87. The van der Waals surface area contributed by atoms with Crippen molar-refractivity contribution in [1.29, 1.82) is 0 Å². The Hall–Kier alpha value is -1.15. The summed E-state index contributed by atoms with van der Waals surface area (Å²) in [4.78, 5) is 12.2. The number of rotatable bonds is 6. The molecule has 2 N–H and O–H groups in total. The molecule has 18 heavy (non-hydrogen) atoms. The van der Waals surface area contributed by atoms with E-state index in [4.69, 9.17) is 5.73 Å². The molecular formula is C16H25NO. The van der Waals surface area contributed by atoms with Crippen LogP contribution in [-0.4, -0.2) is 12.3 Å². The molecule has 100 valence electrons. The highest BCUT2D eigenvalue weighted by atomic mass is 16.1. The summed E-state index contributed by atoms with van der Waals surface area (Å²) in [6.07, 6.45) is 1.28. The van der Waals surface area contributed by atoms with Gasteiger partial charge in [-0.3, -0.25) is 4.79 Å². The summed E-state index contributed by atoms with van der Waals surface area (Å²) in [7, 11) is 0. The maximum Gasteiger partial charge on any atom is 0.144 e. The minimum atomic E-state index is -0.378. The van der Waals surface area contributed by atoms with Gasteiger partial charge in [0.25, 0.3) is 0 Å². The van der Waals surface area contributed by atoms with Crippen molar-refractivity contribution in [3.8, 4) is 0 Å². The van der Waals surface area contributed by atoms with Crippen LogP contribution in [0.2, 0.25) is 0 Å². The predicted molar refractivity (Wildman–Crippen MR) is 76.7 cm³/mol. The molecule has 0 fully saturated rings. The minimum Gasteiger partial charge on any atom is -0.329 e. The number of carbonyl (C=O) groups excluding carboxylic acids is 1. The first kappa shape index (κ1) is 14.9. The molecule has 1 atom stereocenters. The molecule has 0 spiro atoms. The Bertz CT molecular complexity index is 388. The van der Waals surface area contributed by atoms with Gasteiger partial charge in [0, 0.05) is 18.4 Å². The van der Waals surface area contributed by atoms with E-state index < -0.39 is 0 Å². The third-order valence-electron chi connectivity index (χ3n) is 3.92. The first-order valence-corrected chi connectivity index (χ1v) is 6.75. The number of nitrogens with two attached hydrogens (primary N) is 1. The van der Waals surface area contributed by atoms with E-state index in [1.165, 1.54) is 5.56 Å². The van der Waals surface area contributed by atoms with E-state index in [1.54, 1.807) is 0 Å². The lowest BCUT2D eigenvalue weighted by Gasteiger charge is -2.24. The van der Waals surface area contributed by atoms with Crippen LogP contribution >= 0.6 is 0 Å². The van der Waals surface area contributed by atoms with Gasteiger partial charge < -0.3 is 5.73 Å². The Morgan fingerprint density at radius 3 is 2.22 bits per heavy atom. The van der Waals surface area contributed by atoms with Crippen LogP contribution < -0.4 is 5.73 Å². The molecule has 0 aliphatic heterocycles. The summed E-state index contributed by atoms with van der Waals surface area (Å²) in [5.41, 5.74) is 7.73. The van der Waals surface area contributed by atoms with Gasteiger partial charge in [0.1, 0.15) is 5.78 Å². The molecule has 2 heteroatoms. The zero-order chi connectivity index (χ0) is 13.8. The molecule has 0 saturated carbocycles. The van der Waals surface area contributed by atoms with E-state index >= 15 is 0 Å². The standard InChI is InChI=1S/C16H25NO/c1-5-16(4,11-17)15(18)10-13-6-8-14(9-7-13)12(2)3/h6-9,12H,5,10-11,17H2,1-4H3. The predicted octanol–water partition coefficient (Wildman–Crippen LogP) is 3.30. The Kier molecular flexibility index (Phi) is 5.09. The highest BCUT2D eigenvalue weighted by Crippen LogP contribution is 2.23. The SMILES string of the molecule is CCC(C)(CN)C(=O)Cc1ccc(C(C)C)cc1. The maximum absolute atomic E-state index is 12.2. The molecule has 0 saturated heterocycles. The summed E-state index contributed by atoms with van der Waals surface area (Å²) in [6, 6.07) is 8.33. The third kappa shape index (κ3) is 3.42. The second-order valence-corrected chi connectivity index (χ2v) is 5.61. The molecule has 1 rings (SSSR count). The number of ketones is 1. The molecule has 0 radical (unpaired) electrons. The van der Waals surface area contributed by atoms with E-state index in [1.807, 2.05) is 13.8 Å². The summed E-state index contributed by atoms with van der Waals surface area (Å²) in [5.74, 6) is 0.768. The first-order valence-electron chi connectivity index (χ1n) is 6.75. The van der Waals surface area contributed by atoms with Crippen molar-refractivity contribution in [3.05, 3.63) is 35.4 Å². The number of hydrogen-bond donors (Lipinski definition) is 1. The maximum atomic E-state index is 12.2. The average molecular weight is 247 g/mol. The lowest BCUT2D eigenvalue weighted by molar-refractivity contribution is -0.126.